The van der Waals surface area contributed by atoms with Gasteiger partial charge in [-0.1, -0.05) is 13.8 Å². The standard InChI is InChI=1S/C15H23NO3S/c1-12-11-13(19-4)5-6-14(12)20(17,18)16-9-7-15(2,3)8-10-16/h5-6,11H,7-10H2,1-4H3. The highest BCUT2D eigenvalue weighted by Gasteiger charge is 2.33. The molecule has 1 saturated heterocycles. The van der Waals surface area contributed by atoms with Crippen LogP contribution in [-0.4, -0.2) is 32.9 Å². The Hall–Kier alpha value is -1.07. The van der Waals surface area contributed by atoms with Crippen LogP contribution in [0.4, 0.5) is 0 Å². The van der Waals surface area contributed by atoms with Crippen molar-refractivity contribution in [2.75, 3.05) is 20.2 Å². The first-order valence-corrected chi connectivity index (χ1v) is 8.35. The summed E-state index contributed by atoms with van der Waals surface area (Å²) in [5.41, 5.74) is 0.968. The number of sulfonamides is 1. The monoisotopic (exact) mass is 297 g/mol. The number of benzene rings is 1. The second-order valence-electron chi connectivity index (χ2n) is 6.20. The summed E-state index contributed by atoms with van der Waals surface area (Å²) in [5.74, 6) is 0.682. The molecule has 0 spiro atoms. The van der Waals surface area contributed by atoms with E-state index < -0.39 is 10.0 Å². The number of rotatable bonds is 3. The van der Waals surface area contributed by atoms with Crippen LogP contribution < -0.4 is 4.74 Å². The quantitative estimate of drug-likeness (QED) is 0.862. The maximum absolute atomic E-state index is 12.7. The second-order valence-corrected chi connectivity index (χ2v) is 8.11. The van der Waals surface area contributed by atoms with E-state index in [2.05, 4.69) is 13.8 Å². The molecular weight excluding hydrogens is 274 g/mol. The molecule has 1 aliphatic rings. The lowest BCUT2D eigenvalue weighted by atomic mass is 9.83. The van der Waals surface area contributed by atoms with Gasteiger partial charge >= 0.3 is 0 Å². The van der Waals surface area contributed by atoms with E-state index in [-0.39, 0.29) is 5.41 Å². The van der Waals surface area contributed by atoms with Gasteiger partial charge in [0.15, 0.2) is 0 Å². The van der Waals surface area contributed by atoms with Crippen molar-refractivity contribution in [3.05, 3.63) is 23.8 Å². The minimum Gasteiger partial charge on any atom is -0.497 e. The lowest BCUT2D eigenvalue weighted by Crippen LogP contribution is -2.41. The SMILES string of the molecule is COc1ccc(S(=O)(=O)N2CCC(C)(C)CC2)c(C)c1. The number of aryl methyl sites for hydroxylation is 1. The van der Waals surface area contributed by atoms with E-state index >= 15 is 0 Å². The summed E-state index contributed by atoms with van der Waals surface area (Å²) in [6, 6.07) is 5.11. The van der Waals surface area contributed by atoms with Crippen molar-refractivity contribution in [3.8, 4) is 5.75 Å². The van der Waals surface area contributed by atoms with Crippen LogP contribution in [0.2, 0.25) is 0 Å². The van der Waals surface area contributed by atoms with E-state index in [1.54, 1.807) is 29.6 Å². The zero-order chi connectivity index (χ0) is 15.0. The topological polar surface area (TPSA) is 46.6 Å². The van der Waals surface area contributed by atoms with Crippen molar-refractivity contribution in [1.29, 1.82) is 0 Å². The summed E-state index contributed by atoms with van der Waals surface area (Å²) in [6.07, 6.45) is 1.81. The van der Waals surface area contributed by atoms with Crippen molar-refractivity contribution in [2.45, 2.75) is 38.5 Å². The van der Waals surface area contributed by atoms with Gasteiger partial charge in [-0.25, -0.2) is 8.42 Å². The molecule has 1 aliphatic heterocycles. The number of ether oxygens (including phenoxy) is 1. The first kappa shape index (κ1) is 15.3. The van der Waals surface area contributed by atoms with Gasteiger partial charge in [-0.15, -0.1) is 0 Å². The Morgan fingerprint density at radius 3 is 2.30 bits per heavy atom. The molecule has 0 saturated carbocycles. The van der Waals surface area contributed by atoms with Gasteiger partial charge in [-0.2, -0.15) is 4.31 Å². The highest BCUT2D eigenvalue weighted by atomic mass is 32.2. The van der Waals surface area contributed by atoms with Gasteiger partial charge in [-0.05, 0) is 48.9 Å². The van der Waals surface area contributed by atoms with Crippen molar-refractivity contribution >= 4 is 10.0 Å². The number of hydrogen-bond acceptors (Lipinski definition) is 3. The summed E-state index contributed by atoms with van der Waals surface area (Å²) < 4.78 is 32.1. The van der Waals surface area contributed by atoms with Gasteiger partial charge in [0.2, 0.25) is 10.0 Å². The molecule has 1 heterocycles. The van der Waals surface area contributed by atoms with Crippen LogP contribution in [0, 0.1) is 12.3 Å². The second kappa shape index (κ2) is 5.37. The fraction of sp³-hybridized carbons (Fsp3) is 0.600. The fourth-order valence-corrected chi connectivity index (χ4v) is 4.16. The normalized spacial score (nSPS) is 19.8. The number of methoxy groups -OCH3 is 1. The maximum atomic E-state index is 12.7. The third-order valence-electron chi connectivity index (χ3n) is 4.08. The van der Waals surface area contributed by atoms with Crippen molar-refractivity contribution in [1.82, 2.24) is 4.31 Å². The van der Waals surface area contributed by atoms with E-state index in [9.17, 15) is 8.42 Å². The molecule has 1 fully saturated rings. The van der Waals surface area contributed by atoms with Crippen LogP contribution >= 0.6 is 0 Å². The molecular formula is C15H23NO3S. The van der Waals surface area contributed by atoms with Gasteiger partial charge in [0.25, 0.3) is 0 Å². The molecule has 4 nitrogen and oxygen atoms in total. The molecule has 0 N–H and O–H groups in total. The van der Waals surface area contributed by atoms with Crippen molar-refractivity contribution in [3.63, 3.8) is 0 Å². The lowest BCUT2D eigenvalue weighted by Gasteiger charge is -2.36. The average molecular weight is 297 g/mol. The van der Waals surface area contributed by atoms with Gasteiger partial charge < -0.3 is 4.74 Å². The lowest BCUT2D eigenvalue weighted by molar-refractivity contribution is 0.196. The first-order chi connectivity index (χ1) is 9.26. The molecule has 0 unspecified atom stereocenters. The zero-order valence-corrected chi connectivity index (χ0v) is 13.5. The van der Waals surface area contributed by atoms with Gasteiger partial charge in [-0.3, -0.25) is 0 Å². The van der Waals surface area contributed by atoms with Crippen LogP contribution in [0.25, 0.3) is 0 Å². The van der Waals surface area contributed by atoms with Gasteiger partial charge in [0.05, 0.1) is 12.0 Å². The minimum atomic E-state index is -3.39. The molecule has 0 bridgehead atoms. The van der Waals surface area contributed by atoms with E-state index in [1.807, 2.05) is 6.92 Å². The summed E-state index contributed by atoms with van der Waals surface area (Å²) in [4.78, 5) is 0.387. The van der Waals surface area contributed by atoms with Crippen LogP contribution in [0.3, 0.4) is 0 Å². The number of piperidine rings is 1. The van der Waals surface area contributed by atoms with E-state index in [4.69, 9.17) is 4.74 Å². The van der Waals surface area contributed by atoms with Crippen molar-refractivity contribution in [2.24, 2.45) is 5.41 Å². The fourth-order valence-electron chi connectivity index (χ4n) is 2.51. The Labute approximate surface area is 121 Å². The molecule has 0 amide bonds. The zero-order valence-electron chi connectivity index (χ0n) is 12.6. The van der Waals surface area contributed by atoms with Crippen molar-refractivity contribution < 1.29 is 13.2 Å². The molecule has 20 heavy (non-hydrogen) atoms. The number of hydrogen-bond donors (Lipinski definition) is 0. The summed E-state index contributed by atoms with van der Waals surface area (Å²) >= 11 is 0. The Balaban J connectivity index is 2.27. The summed E-state index contributed by atoms with van der Waals surface area (Å²) in [6.45, 7) is 7.38. The molecule has 0 atom stereocenters. The van der Waals surface area contributed by atoms with Gasteiger partial charge in [0.1, 0.15) is 5.75 Å². The summed E-state index contributed by atoms with van der Waals surface area (Å²) in [7, 11) is -1.81. The predicted octanol–water partition coefficient (Wildman–Crippen LogP) is 2.81. The molecule has 1 aromatic carbocycles. The van der Waals surface area contributed by atoms with Crippen LogP contribution in [-0.2, 0) is 10.0 Å². The minimum absolute atomic E-state index is 0.237. The maximum Gasteiger partial charge on any atom is 0.243 e. The summed E-state index contributed by atoms with van der Waals surface area (Å²) in [5, 5.41) is 0. The Morgan fingerprint density at radius 1 is 1.20 bits per heavy atom. The van der Waals surface area contributed by atoms with E-state index in [0.717, 1.165) is 18.4 Å². The molecule has 0 aliphatic carbocycles. The molecule has 2 rings (SSSR count). The Kier molecular flexibility index (Phi) is 4.12. The smallest absolute Gasteiger partial charge is 0.243 e. The molecule has 0 aromatic heterocycles. The predicted molar refractivity (Wildman–Crippen MR) is 79.5 cm³/mol. The highest BCUT2D eigenvalue weighted by molar-refractivity contribution is 7.89. The van der Waals surface area contributed by atoms with Crippen LogP contribution in [0.15, 0.2) is 23.1 Å². The average Bonchev–Trinajstić information content (AvgIpc) is 2.37. The van der Waals surface area contributed by atoms with E-state index in [0.29, 0.717) is 23.7 Å². The molecule has 5 heteroatoms. The van der Waals surface area contributed by atoms with Crippen LogP contribution in [0.5, 0.6) is 5.75 Å². The van der Waals surface area contributed by atoms with Crippen LogP contribution in [0.1, 0.15) is 32.3 Å². The Morgan fingerprint density at radius 2 is 1.80 bits per heavy atom. The molecule has 1 aromatic rings. The number of nitrogens with zero attached hydrogens (tertiary/aromatic N) is 1. The Bertz CT molecular complexity index is 583. The molecule has 0 radical (unpaired) electrons. The third kappa shape index (κ3) is 2.99. The van der Waals surface area contributed by atoms with Gasteiger partial charge in [0, 0.05) is 13.1 Å². The largest absolute Gasteiger partial charge is 0.497 e. The third-order valence-corrected chi connectivity index (χ3v) is 6.13. The first-order valence-electron chi connectivity index (χ1n) is 6.91. The van der Waals surface area contributed by atoms with E-state index in [1.165, 1.54) is 0 Å². The molecule has 112 valence electrons. The highest BCUT2D eigenvalue weighted by Crippen LogP contribution is 2.33.